The van der Waals surface area contributed by atoms with Crippen LogP contribution in [0.2, 0.25) is 0 Å². The summed E-state index contributed by atoms with van der Waals surface area (Å²) in [5.74, 6) is 0. The zero-order valence-corrected chi connectivity index (χ0v) is 9.63. The van der Waals surface area contributed by atoms with Gasteiger partial charge < -0.3 is 15.7 Å². The van der Waals surface area contributed by atoms with Crippen molar-refractivity contribution in [1.82, 2.24) is 0 Å². The molecule has 0 spiro atoms. The lowest BCUT2D eigenvalue weighted by molar-refractivity contribution is 0.290. The lowest BCUT2D eigenvalue weighted by atomic mass is 10.1. The summed E-state index contributed by atoms with van der Waals surface area (Å²) in [4.78, 5) is 2.45. The topological polar surface area (TPSA) is 49.5 Å². The third-order valence-electron chi connectivity index (χ3n) is 2.23. The third kappa shape index (κ3) is 3.18. The van der Waals surface area contributed by atoms with E-state index in [9.17, 15) is 0 Å². The second-order valence-corrected chi connectivity index (χ2v) is 3.82. The molecular weight excluding hydrogens is 208 g/mol. The maximum absolute atomic E-state index is 8.76. The van der Waals surface area contributed by atoms with Crippen LogP contribution in [0.15, 0.2) is 24.3 Å². The zero-order chi connectivity index (χ0) is 11.3. The number of aliphatic hydroxyl groups is 1. The Kier molecular flexibility index (Phi) is 4.52. The normalized spacial score (nSPS) is 10.0. The van der Waals surface area contributed by atoms with Gasteiger partial charge in [-0.25, -0.2) is 0 Å². The van der Waals surface area contributed by atoms with Gasteiger partial charge in [0, 0.05) is 31.5 Å². The maximum atomic E-state index is 8.76. The van der Waals surface area contributed by atoms with Crippen LogP contribution in [0.3, 0.4) is 0 Å². The number of para-hydroxylation sites is 1. The SMILES string of the molecule is CN(CCCO)c1ccccc1C(N)=S. The highest BCUT2D eigenvalue weighted by molar-refractivity contribution is 7.80. The summed E-state index contributed by atoms with van der Waals surface area (Å²) in [6.07, 6.45) is 0.738. The molecule has 1 rings (SSSR count). The predicted molar refractivity (Wildman–Crippen MR) is 67.3 cm³/mol. The van der Waals surface area contributed by atoms with E-state index in [4.69, 9.17) is 23.1 Å². The van der Waals surface area contributed by atoms with Crippen molar-refractivity contribution in [3.63, 3.8) is 0 Å². The van der Waals surface area contributed by atoms with E-state index in [0.29, 0.717) is 4.99 Å². The van der Waals surface area contributed by atoms with Crippen LogP contribution >= 0.6 is 12.2 Å². The molecule has 0 aromatic heterocycles. The molecule has 0 aliphatic carbocycles. The van der Waals surface area contributed by atoms with Crippen LogP contribution in [0.1, 0.15) is 12.0 Å². The summed E-state index contributed by atoms with van der Waals surface area (Å²) >= 11 is 4.98. The highest BCUT2D eigenvalue weighted by Crippen LogP contribution is 2.18. The first-order chi connectivity index (χ1) is 7.16. The van der Waals surface area contributed by atoms with E-state index in [-0.39, 0.29) is 6.61 Å². The molecule has 0 atom stereocenters. The Morgan fingerprint density at radius 3 is 2.73 bits per heavy atom. The molecule has 0 unspecified atom stereocenters. The van der Waals surface area contributed by atoms with Gasteiger partial charge in [-0.1, -0.05) is 24.4 Å². The minimum absolute atomic E-state index is 0.194. The minimum atomic E-state index is 0.194. The van der Waals surface area contributed by atoms with Crippen molar-refractivity contribution >= 4 is 22.9 Å². The predicted octanol–water partition coefficient (Wildman–Crippen LogP) is 1.14. The molecule has 0 amide bonds. The number of anilines is 1. The van der Waals surface area contributed by atoms with Crippen molar-refractivity contribution in [3.8, 4) is 0 Å². The summed E-state index contributed by atoms with van der Waals surface area (Å²) in [5, 5.41) is 8.76. The summed E-state index contributed by atoms with van der Waals surface area (Å²) in [5.41, 5.74) is 7.53. The van der Waals surface area contributed by atoms with Crippen LogP contribution in [0, 0.1) is 0 Å². The summed E-state index contributed by atoms with van der Waals surface area (Å²) in [6, 6.07) is 7.75. The van der Waals surface area contributed by atoms with Gasteiger partial charge in [-0.2, -0.15) is 0 Å². The molecule has 3 N–H and O–H groups in total. The summed E-state index contributed by atoms with van der Waals surface area (Å²) in [6.45, 7) is 0.982. The third-order valence-corrected chi connectivity index (χ3v) is 2.45. The molecule has 82 valence electrons. The molecule has 0 saturated carbocycles. The fourth-order valence-electron chi connectivity index (χ4n) is 1.44. The van der Waals surface area contributed by atoms with E-state index in [0.717, 1.165) is 24.2 Å². The monoisotopic (exact) mass is 224 g/mol. The molecule has 0 fully saturated rings. The van der Waals surface area contributed by atoms with Crippen molar-refractivity contribution in [2.75, 3.05) is 25.1 Å². The van der Waals surface area contributed by atoms with E-state index in [1.54, 1.807) is 0 Å². The van der Waals surface area contributed by atoms with Crippen molar-refractivity contribution in [2.24, 2.45) is 5.73 Å². The molecule has 1 aromatic rings. The first kappa shape index (κ1) is 11.9. The molecular formula is C11H16N2OS. The minimum Gasteiger partial charge on any atom is -0.396 e. The number of thiocarbonyl (C=S) groups is 1. The van der Waals surface area contributed by atoms with E-state index in [1.165, 1.54) is 0 Å². The van der Waals surface area contributed by atoms with Crippen molar-refractivity contribution in [3.05, 3.63) is 29.8 Å². The van der Waals surface area contributed by atoms with Gasteiger partial charge in [0.05, 0.1) is 0 Å². The van der Waals surface area contributed by atoms with Crippen LogP contribution < -0.4 is 10.6 Å². The highest BCUT2D eigenvalue weighted by atomic mass is 32.1. The van der Waals surface area contributed by atoms with Crippen LogP contribution in [0.5, 0.6) is 0 Å². The average Bonchev–Trinajstić information content (AvgIpc) is 2.25. The van der Waals surface area contributed by atoms with Gasteiger partial charge in [0.15, 0.2) is 0 Å². The Hall–Kier alpha value is -1.13. The first-order valence-electron chi connectivity index (χ1n) is 4.87. The molecule has 0 aliphatic rings. The Morgan fingerprint density at radius 1 is 1.47 bits per heavy atom. The van der Waals surface area contributed by atoms with Gasteiger partial charge in [0.2, 0.25) is 0 Å². The molecule has 1 aromatic carbocycles. The second-order valence-electron chi connectivity index (χ2n) is 3.38. The number of aliphatic hydroxyl groups excluding tert-OH is 1. The number of nitrogens with zero attached hydrogens (tertiary/aromatic N) is 1. The molecule has 0 saturated heterocycles. The first-order valence-corrected chi connectivity index (χ1v) is 5.28. The molecule has 3 nitrogen and oxygen atoms in total. The van der Waals surface area contributed by atoms with Crippen LogP contribution in [-0.4, -0.2) is 30.3 Å². The van der Waals surface area contributed by atoms with E-state index < -0.39 is 0 Å². The molecule has 0 heterocycles. The van der Waals surface area contributed by atoms with Crippen molar-refractivity contribution < 1.29 is 5.11 Å². The molecule has 0 radical (unpaired) electrons. The van der Waals surface area contributed by atoms with Gasteiger partial charge >= 0.3 is 0 Å². The number of benzene rings is 1. The number of rotatable bonds is 5. The quantitative estimate of drug-likeness (QED) is 0.736. The standard InChI is InChI=1S/C11H16N2OS/c1-13(7-4-8-14)10-6-3-2-5-9(10)11(12)15/h2-3,5-6,14H,4,7-8H2,1H3,(H2,12,15). The smallest absolute Gasteiger partial charge is 0.106 e. The van der Waals surface area contributed by atoms with Crippen LogP contribution in [-0.2, 0) is 0 Å². The zero-order valence-electron chi connectivity index (χ0n) is 8.81. The van der Waals surface area contributed by atoms with Gasteiger partial charge in [-0.15, -0.1) is 0 Å². The molecule has 15 heavy (non-hydrogen) atoms. The van der Waals surface area contributed by atoms with Gasteiger partial charge in [-0.05, 0) is 18.6 Å². The lowest BCUT2D eigenvalue weighted by Crippen LogP contribution is -2.23. The Morgan fingerprint density at radius 2 is 2.13 bits per heavy atom. The molecule has 4 heteroatoms. The summed E-state index contributed by atoms with van der Waals surface area (Å²) in [7, 11) is 1.97. The fraction of sp³-hybridized carbons (Fsp3) is 0.364. The Bertz CT molecular complexity index is 341. The largest absolute Gasteiger partial charge is 0.396 e. The van der Waals surface area contributed by atoms with E-state index >= 15 is 0 Å². The van der Waals surface area contributed by atoms with Crippen LogP contribution in [0.25, 0.3) is 0 Å². The molecule has 0 bridgehead atoms. The van der Waals surface area contributed by atoms with E-state index in [2.05, 4.69) is 0 Å². The van der Waals surface area contributed by atoms with Crippen LogP contribution in [0.4, 0.5) is 5.69 Å². The van der Waals surface area contributed by atoms with Gasteiger partial charge in [0.25, 0.3) is 0 Å². The number of hydrogen-bond acceptors (Lipinski definition) is 3. The number of nitrogens with two attached hydrogens (primary N) is 1. The van der Waals surface area contributed by atoms with Crippen molar-refractivity contribution in [2.45, 2.75) is 6.42 Å². The average molecular weight is 224 g/mol. The Balaban J connectivity index is 2.87. The highest BCUT2D eigenvalue weighted by Gasteiger charge is 2.07. The number of hydrogen-bond donors (Lipinski definition) is 2. The fourth-order valence-corrected chi connectivity index (χ4v) is 1.62. The summed E-state index contributed by atoms with van der Waals surface area (Å²) < 4.78 is 0. The van der Waals surface area contributed by atoms with E-state index in [1.807, 2.05) is 36.2 Å². The molecule has 0 aliphatic heterocycles. The van der Waals surface area contributed by atoms with Gasteiger partial charge in [0.1, 0.15) is 4.99 Å². The Labute approximate surface area is 95.5 Å². The van der Waals surface area contributed by atoms with Gasteiger partial charge in [-0.3, -0.25) is 0 Å². The second kappa shape index (κ2) is 5.68. The lowest BCUT2D eigenvalue weighted by Gasteiger charge is -2.21. The van der Waals surface area contributed by atoms with Crippen molar-refractivity contribution in [1.29, 1.82) is 0 Å². The maximum Gasteiger partial charge on any atom is 0.106 e.